The second-order valence-corrected chi connectivity index (χ2v) is 4.18. The highest BCUT2D eigenvalue weighted by Gasteiger charge is 2.23. The lowest BCUT2D eigenvalue weighted by Crippen LogP contribution is -2.12. The third kappa shape index (κ3) is 2.67. The molecule has 0 fully saturated rings. The number of ether oxygens (including phenoxy) is 1. The normalized spacial score (nSPS) is 11.4. The first-order chi connectivity index (χ1) is 9.67. The molecule has 0 saturated heterocycles. The summed E-state index contributed by atoms with van der Waals surface area (Å²) >= 11 is 0. The molecule has 0 aliphatic heterocycles. The van der Waals surface area contributed by atoms with Gasteiger partial charge in [0.05, 0.1) is 18.7 Å². The summed E-state index contributed by atoms with van der Waals surface area (Å²) in [5.41, 5.74) is 0.441. The first kappa shape index (κ1) is 13.8. The van der Waals surface area contributed by atoms with Crippen molar-refractivity contribution in [2.45, 2.75) is 5.92 Å². The van der Waals surface area contributed by atoms with E-state index in [9.17, 15) is 14.4 Å². The molecule has 0 N–H and O–H groups in total. The molecule has 2 rings (SSSR count). The van der Waals surface area contributed by atoms with Crippen LogP contribution in [0.2, 0.25) is 0 Å². The Hall–Kier alpha value is -2.67. The van der Waals surface area contributed by atoms with Gasteiger partial charge in [0.15, 0.2) is 5.78 Å². The summed E-state index contributed by atoms with van der Waals surface area (Å²) in [5.74, 6) is -1.57. The average Bonchev–Trinajstić information content (AvgIpc) is 2.49. The zero-order valence-corrected chi connectivity index (χ0v) is 10.8. The van der Waals surface area contributed by atoms with Gasteiger partial charge in [-0.25, -0.2) is 4.39 Å². The van der Waals surface area contributed by atoms with Gasteiger partial charge in [0.1, 0.15) is 17.5 Å². The first-order valence-electron chi connectivity index (χ1n) is 5.99. The molecule has 0 radical (unpaired) electrons. The molecule has 2 aromatic rings. The lowest BCUT2D eigenvalue weighted by Gasteiger charge is -2.10. The molecule has 0 spiro atoms. The number of halogens is 1. The number of rotatable bonds is 4. The van der Waals surface area contributed by atoms with Crippen molar-refractivity contribution in [3.8, 4) is 11.8 Å². The summed E-state index contributed by atoms with van der Waals surface area (Å²) in [6.07, 6.45) is 0. The van der Waals surface area contributed by atoms with Crippen molar-refractivity contribution in [3.05, 3.63) is 65.5 Å². The van der Waals surface area contributed by atoms with Gasteiger partial charge in [-0.2, -0.15) is 5.26 Å². The molecular formula is C16H12FNO2. The van der Waals surface area contributed by atoms with Gasteiger partial charge in [-0.3, -0.25) is 4.79 Å². The third-order valence-corrected chi connectivity index (χ3v) is 2.98. The third-order valence-electron chi connectivity index (χ3n) is 2.98. The highest BCUT2D eigenvalue weighted by Crippen LogP contribution is 2.23. The van der Waals surface area contributed by atoms with Gasteiger partial charge in [0.25, 0.3) is 0 Å². The van der Waals surface area contributed by atoms with Gasteiger partial charge in [-0.05, 0) is 29.8 Å². The molecule has 0 bridgehead atoms. The topological polar surface area (TPSA) is 50.1 Å². The molecule has 0 saturated carbocycles. The van der Waals surface area contributed by atoms with Gasteiger partial charge >= 0.3 is 0 Å². The lowest BCUT2D eigenvalue weighted by molar-refractivity contribution is 0.0975. The van der Waals surface area contributed by atoms with E-state index in [0.29, 0.717) is 11.3 Å². The number of ketones is 1. The van der Waals surface area contributed by atoms with Gasteiger partial charge in [-0.15, -0.1) is 0 Å². The minimum absolute atomic E-state index is 0.0742. The van der Waals surface area contributed by atoms with E-state index < -0.39 is 17.5 Å². The summed E-state index contributed by atoms with van der Waals surface area (Å²) in [6.45, 7) is 0. The van der Waals surface area contributed by atoms with Crippen LogP contribution in [0.15, 0.2) is 48.5 Å². The van der Waals surface area contributed by atoms with E-state index in [1.54, 1.807) is 30.3 Å². The molecule has 3 nitrogen and oxygen atoms in total. The predicted molar refractivity (Wildman–Crippen MR) is 72.1 cm³/mol. The number of benzene rings is 2. The average molecular weight is 269 g/mol. The van der Waals surface area contributed by atoms with Gasteiger partial charge < -0.3 is 4.74 Å². The van der Waals surface area contributed by atoms with Crippen LogP contribution in [-0.2, 0) is 0 Å². The smallest absolute Gasteiger partial charge is 0.187 e. The molecule has 0 aliphatic carbocycles. The van der Waals surface area contributed by atoms with Crippen molar-refractivity contribution >= 4 is 5.78 Å². The molecule has 1 atom stereocenters. The van der Waals surface area contributed by atoms with Crippen LogP contribution in [0.5, 0.6) is 5.75 Å². The summed E-state index contributed by atoms with van der Waals surface area (Å²) in [6, 6.07) is 14.2. The van der Waals surface area contributed by atoms with Crippen LogP contribution in [0.4, 0.5) is 4.39 Å². The second-order valence-electron chi connectivity index (χ2n) is 4.18. The van der Waals surface area contributed by atoms with Crippen molar-refractivity contribution in [2.24, 2.45) is 0 Å². The quantitative estimate of drug-likeness (QED) is 0.800. The fraction of sp³-hybridized carbons (Fsp3) is 0.125. The fourth-order valence-electron chi connectivity index (χ4n) is 1.90. The molecule has 0 aromatic heterocycles. The maximum absolute atomic E-state index is 13.6. The molecule has 0 amide bonds. The van der Waals surface area contributed by atoms with Crippen LogP contribution >= 0.6 is 0 Å². The molecule has 1 unspecified atom stereocenters. The number of carbonyl (C=O) groups is 1. The Morgan fingerprint density at radius 3 is 2.40 bits per heavy atom. The zero-order valence-electron chi connectivity index (χ0n) is 10.8. The molecular weight excluding hydrogens is 257 g/mol. The number of Topliss-reactive ketones (excluding diaryl/α,β-unsaturated/α-hetero) is 1. The zero-order chi connectivity index (χ0) is 14.5. The van der Waals surface area contributed by atoms with E-state index in [2.05, 4.69) is 0 Å². The fourth-order valence-corrected chi connectivity index (χ4v) is 1.90. The van der Waals surface area contributed by atoms with E-state index in [1.807, 2.05) is 6.07 Å². The van der Waals surface area contributed by atoms with Crippen molar-refractivity contribution in [1.29, 1.82) is 5.26 Å². The van der Waals surface area contributed by atoms with Crippen LogP contribution in [0.1, 0.15) is 21.8 Å². The van der Waals surface area contributed by atoms with Gasteiger partial charge in [-0.1, -0.05) is 24.3 Å². The molecule has 20 heavy (non-hydrogen) atoms. The Morgan fingerprint density at radius 1 is 1.20 bits per heavy atom. The number of carbonyl (C=O) groups excluding carboxylic acids is 1. The molecule has 0 heterocycles. The van der Waals surface area contributed by atoms with Crippen LogP contribution in [-0.4, -0.2) is 12.9 Å². The number of methoxy groups -OCH3 is 1. The van der Waals surface area contributed by atoms with E-state index in [4.69, 9.17) is 4.74 Å². The highest BCUT2D eigenvalue weighted by molar-refractivity contribution is 6.02. The van der Waals surface area contributed by atoms with Gasteiger partial charge in [0.2, 0.25) is 0 Å². The highest BCUT2D eigenvalue weighted by atomic mass is 19.1. The number of hydrogen-bond donors (Lipinski definition) is 0. The largest absolute Gasteiger partial charge is 0.497 e. The summed E-state index contributed by atoms with van der Waals surface area (Å²) in [4.78, 5) is 12.3. The van der Waals surface area contributed by atoms with Crippen LogP contribution in [0.3, 0.4) is 0 Å². The van der Waals surface area contributed by atoms with Crippen LogP contribution in [0.25, 0.3) is 0 Å². The van der Waals surface area contributed by atoms with Crippen molar-refractivity contribution in [3.63, 3.8) is 0 Å². The Bertz CT molecular complexity index is 659. The van der Waals surface area contributed by atoms with Crippen LogP contribution in [0, 0.1) is 17.1 Å². The minimum Gasteiger partial charge on any atom is -0.497 e. The summed E-state index contributed by atoms with van der Waals surface area (Å²) in [5, 5.41) is 9.20. The maximum atomic E-state index is 13.6. The Labute approximate surface area is 116 Å². The Kier molecular flexibility index (Phi) is 4.11. The first-order valence-corrected chi connectivity index (χ1v) is 5.99. The maximum Gasteiger partial charge on any atom is 0.187 e. The number of hydrogen-bond acceptors (Lipinski definition) is 3. The van der Waals surface area contributed by atoms with Crippen LogP contribution < -0.4 is 4.74 Å². The van der Waals surface area contributed by atoms with E-state index in [0.717, 1.165) is 0 Å². The van der Waals surface area contributed by atoms with E-state index in [1.165, 1.54) is 25.3 Å². The van der Waals surface area contributed by atoms with E-state index >= 15 is 0 Å². The van der Waals surface area contributed by atoms with Crippen molar-refractivity contribution in [2.75, 3.05) is 7.11 Å². The predicted octanol–water partition coefficient (Wildman–Crippen LogP) is 3.32. The second kappa shape index (κ2) is 5.98. The summed E-state index contributed by atoms with van der Waals surface area (Å²) in [7, 11) is 1.53. The summed E-state index contributed by atoms with van der Waals surface area (Å²) < 4.78 is 18.6. The Balaban J connectivity index is 2.35. The monoisotopic (exact) mass is 269 g/mol. The Morgan fingerprint density at radius 2 is 1.85 bits per heavy atom. The molecule has 2 aromatic carbocycles. The van der Waals surface area contributed by atoms with Crippen molar-refractivity contribution < 1.29 is 13.9 Å². The number of nitrogens with zero attached hydrogens (tertiary/aromatic N) is 1. The molecule has 100 valence electrons. The molecule has 4 heteroatoms. The van der Waals surface area contributed by atoms with Gasteiger partial charge in [0, 0.05) is 0 Å². The molecule has 0 aliphatic rings. The standard InChI is InChI=1S/C16H12FNO2/c1-20-12-8-6-11(7-9-12)14(10-18)16(19)13-4-2-3-5-15(13)17/h2-9,14H,1H3. The lowest BCUT2D eigenvalue weighted by atomic mass is 9.91. The van der Waals surface area contributed by atoms with Crippen molar-refractivity contribution in [1.82, 2.24) is 0 Å². The minimum atomic E-state index is -1.03. The number of nitriles is 1. The SMILES string of the molecule is COc1ccc(C(C#N)C(=O)c2ccccc2F)cc1. The van der Waals surface area contributed by atoms with E-state index in [-0.39, 0.29) is 5.56 Å².